The Morgan fingerprint density at radius 2 is 1.88 bits per heavy atom. The largest absolute Gasteiger partial charge is 0.443 e. The van der Waals surface area contributed by atoms with E-state index in [0.29, 0.717) is 5.57 Å². The van der Waals surface area contributed by atoms with Crippen molar-refractivity contribution in [2.24, 2.45) is 0 Å². The Morgan fingerprint density at radius 1 is 1.35 bits per heavy atom. The second-order valence-electron chi connectivity index (χ2n) is 4.86. The Labute approximate surface area is 103 Å². The predicted octanol–water partition coefficient (Wildman–Crippen LogP) is 2.90. The topological polar surface area (TPSA) is 46.6 Å². The van der Waals surface area contributed by atoms with Crippen LogP contribution in [-0.4, -0.2) is 29.0 Å². The van der Waals surface area contributed by atoms with E-state index in [1.54, 1.807) is 40.7 Å². The van der Waals surface area contributed by atoms with E-state index in [-0.39, 0.29) is 6.54 Å². The van der Waals surface area contributed by atoms with E-state index in [4.69, 9.17) is 4.74 Å². The number of hydrogen-bond acceptors (Lipinski definition) is 3. The molecule has 4 heteroatoms. The second-order valence-corrected chi connectivity index (χ2v) is 4.86. The molecule has 0 unspecified atom stereocenters. The monoisotopic (exact) mass is 239 g/mol. The minimum absolute atomic E-state index is 0.165. The van der Waals surface area contributed by atoms with E-state index in [1.165, 1.54) is 6.08 Å². The maximum Gasteiger partial charge on any atom is 0.417 e. The van der Waals surface area contributed by atoms with Crippen LogP contribution in [0.3, 0.4) is 0 Å². The lowest BCUT2D eigenvalue weighted by molar-refractivity contribution is -0.124. The fourth-order valence-corrected chi connectivity index (χ4v) is 1.05. The van der Waals surface area contributed by atoms with Gasteiger partial charge in [0.25, 0.3) is 5.91 Å². The number of rotatable bonds is 3. The standard InChI is InChI=1S/C13H21NO3/c1-7-8-11(15)14(9-10(2)3)12(16)17-13(4,5)6/h7-8H,2,9H2,1,3-6H3/b8-7+. The number of carbonyl (C=O) groups is 2. The van der Waals surface area contributed by atoms with Gasteiger partial charge in [0.2, 0.25) is 0 Å². The van der Waals surface area contributed by atoms with E-state index in [1.807, 2.05) is 0 Å². The van der Waals surface area contributed by atoms with Crippen LogP contribution in [0, 0.1) is 0 Å². The summed E-state index contributed by atoms with van der Waals surface area (Å²) in [6.45, 7) is 12.6. The van der Waals surface area contributed by atoms with Crippen LogP contribution in [0.5, 0.6) is 0 Å². The molecule has 0 atom stereocenters. The summed E-state index contributed by atoms with van der Waals surface area (Å²) in [4.78, 5) is 24.6. The van der Waals surface area contributed by atoms with Crippen molar-refractivity contribution >= 4 is 12.0 Å². The van der Waals surface area contributed by atoms with Crippen molar-refractivity contribution in [3.8, 4) is 0 Å². The maximum absolute atomic E-state index is 11.8. The molecule has 0 heterocycles. The molecule has 0 saturated heterocycles. The van der Waals surface area contributed by atoms with Crippen LogP contribution in [-0.2, 0) is 9.53 Å². The lowest BCUT2D eigenvalue weighted by atomic mass is 10.2. The molecule has 0 rings (SSSR count). The van der Waals surface area contributed by atoms with Gasteiger partial charge in [-0.05, 0) is 40.7 Å². The molecule has 0 fully saturated rings. The second kappa shape index (κ2) is 6.23. The summed E-state index contributed by atoms with van der Waals surface area (Å²) >= 11 is 0. The van der Waals surface area contributed by atoms with Gasteiger partial charge in [-0.25, -0.2) is 9.69 Å². The molecule has 0 aromatic heterocycles. The van der Waals surface area contributed by atoms with Gasteiger partial charge in [-0.1, -0.05) is 18.2 Å². The van der Waals surface area contributed by atoms with E-state index >= 15 is 0 Å². The fourth-order valence-electron chi connectivity index (χ4n) is 1.05. The average Bonchev–Trinajstić information content (AvgIpc) is 2.11. The van der Waals surface area contributed by atoms with Crippen molar-refractivity contribution < 1.29 is 14.3 Å². The smallest absolute Gasteiger partial charge is 0.417 e. The number of amides is 2. The van der Waals surface area contributed by atoms with Crippen LogP contribution in [0.4, 0.5) is 4.79 Å². The summed E-state index contributed by atoms with van der Waals surface area (Å²) in [5, 5.41) is 0. The van der Waals surface area contributed by atoms with Gasteiger partial charge < -0.3 is 4.74 Å². The van der Waals surface area contributed by atoms with Crippen LogP contribution >= 0.6 is 0 Å². The molecular weight excluding hydrogens is 218 g/mol. The van der Waals surface area contributed by atoms with Crippen molar-refractivity contribution in [1.29, 1.82) is 0 Å². The zero-order chi connectivity index (χ0) is 13.6. The van der Waals surface area contributed by atoms with Gasteiger partial charge in [-0.15, -0.1) is 0 Å². The van der Waals surface area contributed by atoms with E-state index in [2.05, 4.69) is 6.58 Å². The molecule has 2 amide bonds. The first-order chi connectivity index (χ1) is 7.67. The summed E-state index contributed by atoms with van der Waals surface area (Å²) < 4.78 is 5.16. The first-order valence-corrected chi connectivity index (χ1v) is 5.49. The van der Waals surface area contributed by atoms with Crippen LogP contribution in [0.15, 0.2) is 24.3 Å². The van der Waals surface area contributed by atoms with E-state index in [0.717, 1.165) is 4.90 Å². The highest BCUT2D eigenvalue weighted by atomic mass is 16.6. The third kappa shape index (κ3) is 6.56. The summed E-state index contributed by atoms with van der Waals surface area (Å²) in [5.41, 5.74) is 0.0920. The van der Waals surface area contributed by atoms with E-state index < -0.39 is 17.6 Å². The minimum atomic E-state index is -0.649. The molecule has 0 aromatic rings. The maximum atomic E-state index is 11.8. The Kier molecular flexibility index (Phi) is 5.65. The molecule has 17 heavy (non-hydrogen) atoms. The lowest BCUT2D eigenvalue weighted by Crippen LogP contribution is -2.40. The van der Waals surface area contributed by atoms with Crippen molar-refractivity contribution in [3.05, 3.63) is 24.3 Å². The molecule has 96 valence electrons. The number of nitrogens with zero attached hydrogens (tertiary/aromatic N) is 1. The number of hydrogen-bond donors (Lipinski definition) is 0. The predicted molar refractivity (Wildman–Crippen MR) is 67.6 cm³/mol. The highest BCUT2D eigenvalue weighted by Crippen LogP contribution is 2.11. The summed E-state index contributed by atoms with van der Waals surface area (Å²) in [6, 6.07) is 0. The fraction of sp³-hybridized carbons (Fsp3) is 0.538. The molecule has 0 bridgehead atoms. The summed E-state index contributed by atoms with van der Waals surface area (Å²) in [6.07, 6.45) is 2.26. The van der Waals surface area contributed by atoms with Gasteiger partial charge in [0.05, 0.1) is 6.54 Å². The van der Waals surface area contributed by atoms with Gasteiger partial charge in [0.1, 0.15) is 5.60 Å². The van der Waals surface area contributed by atoms with Crippen molar-refractivity contribution in [1.82, 2.24) is 4.90 Å². The van der Waals surface area contributed by atoms with Gasteiger partial charge in [0.15, 0.2) is 0 Å². The molecule has 0 aromatic carbocycles. The SMILES string of the molecule is C=C(C)CN(C(=O)/C=C/C)C(=O)OC(C)(C)C. The number of carbonyl (C=O) groups excluding carboxylic acids is 2. The Bertz CT molecular complexity index is 337. The van der Waals surface area contributed by atoms with Gasteiger partial charge in [-0.3, -0.25) is 4.79 Å². The first kappa shape index (κ1) is 15.4. The average molecular weight is 239 g/mol. The normalized spacial score (nSPS) is 11.4. The molecule has 0 saturated carbocycles. The molecular formula is C13H21NO3. The van der Waals surface area contributed by atoms with Crippen LogP contribution < -0.4 is 0 Å². The molecule has 0 N–H and O–H groups in total. The van der Waals surface area contributed by atoms with E-state index in [9.17, 15) is 9.59 Å². The zero-order valence-electron chi connectivity index (χ0n) is 11.2. The highest BCUT2D eigenvalue weighted by molar-refractivity contribution is 5.98. The highest BCUT2D eigenvalue weighted by Gasteiger charge is 2.25. The quantitative estimate of drug-likeness (QED) is 0.562. The lowest BCUT2D eigenvalue weighted by Gasteiger charge is -2.25. The Balaban J connectivity index is 4.86. The van der Waals surface area contributed by atoms with Crippen molar-refractivity contribution in [2.75, 3.05) is 6.54 Å². The zero-order valence-corrected chi connectivity index (χ0v) is 11.2. The van der Waals surface area contributed by atoms with Crippen LogP contribution in [0.1, 0.15) is 34.6 Å². The molecule has 0 radical (unpaired) electrons. The number of ether oxygens (including phenoxy) is 1. The molecule has 0 aliphatic rings. The number of allylic oxidation sites excluding steroid dienone is 1. The first-order valence-electron chi connectivity index (χ1n) is 5.49. The number of imide groups is 1. The van der Waals surface area contributed by atoms with Gasteiger partial charge in [-0.2, -0.15) is 0 Å². The van der Waals surface area contributed by atoms with Crippen LogP contribution in [0.25, 0.3) is 0 Å². The molecule has 4 nitrogen and oxygen atoms in total. The molecule has 0 spiro atoms. The summed E-state index contributed by atoms with van der Waals surface area (Å²) in [7, 11) is 0. The third-order valence-electron chi connectivity index (χ3n) is 1.62. The van der Waals surface area contributed by atoms with Crippen molar-refractivity contribution in [2.45, 2.75) is 40.2 Å². The molecule has 0 aliphatic carbocycles. The Hall–Kier alpha value is -1.58. The van der Waals surface area contributed by atoms with Gasteiger partial charge >= 0.3 is 6.09 Å². The Morgan fingerprint density at radius 3 is 2.24 bits per heavy atom. The van der Waals surface area contributed by atoms with Crippen molar-refractivity contribution in [3.63, 3.8) is 0 Å². The minimum Gasteiger partial charge on any atom is -0.443 e. The van der Waals surface area contributed by atoms with Crippen LogP contribution in [0.2, 0.25) is 0 Å². The van der Waals surface area contributed by atoms with Gasteiger partial charge in [0, 0.05) is 0 Å². The summed E-state index contributed by atoms with van der Waals surface area (Å²) in [5.74, 6) is -0.398. The third-order valence-corrected chi connectivity index (χ3v) is 1.62. The molecule has 0 aliphatic heterocycles.